The number of hydrogen-bond donors (Lipinski definition) is 3. The molecule has 0 heterocycles. The topological polar surface area (TPSA) is 70.6 Å². The van der Waals surface area contributed by atoms with Crippen LogP contribution in [-0.4, -0.2) is 23.6 Å². The van der Waals surface area contributed by atoms with Gasteiger partial charge in [0.15, 0.2) is 0 Å². The zero-order chi connectivity index (χ0) is 13.2. The summed E-state index contributed by atoms with van der Waals surface area (Å²) in [5, 5.41) is 15.5. The molecule has 104 valence electrons. The number of nitrogens with two attached hydrogens (primary N) is 1. The van der Waals surface area contributed by atoms with Crippen LogP contribution in [0.3, 0.4) is 0 Å². The third-order valence-corrected chi connectivity index (χ3v) is 4.87. The van der Waals surface area contributed by atoms with Gasteiger partial charge in [-0.3, -0.25) is 0 Å². The number of oxime groups is 1. The Morgan fingerprint density at radius 1 is 1.33 bits per heavy atom. The van der Waals surface area contributed by atoms with Gasteiger partial charge in [-0.15, -0.1) is 0 Å². The first-order chi connectivity index (χ1) is 8.47. The molecule has 0 radical (unpaired) electrons. The van der Waals surface area contributed by atoms with Crippen molar-refractivity contribution in [3.05, 3.63) is 0 Å². The Labute approximate surface area is 110 Å². The lowest BCUT2D eigenvalue weighted by Gasteiger charge is -2.40. The van der Waals surface area contributed by atoms with Crippen LogP contribution in [0.5, 0.6) is 0 Å². The molecule has 0 spiro atoms. The molecule has 0 amide bonds. The maximum absolute atomic E-state index is 8.67. The van der Waals surface area contributed by atoms with E-state index in [0.717, 1.165) is 13.0 Å². The Balaban J connectivity index is 1.84. The van der Waals surface area contributed by atoms with Gasteiger partial charge in [-0.2, -0.15) is 0 Å². The number of rotatable bonds is 5. The first-order valence-corrected chi connectivity index (χ1v) is 7.17. The molecule has 2 aliphatic rings. The Hall–Kier alpha value is -0.770. The van der Waals surface area contributed by atoms with Crippen molar-refractivity contribution in [1.82, 2.24) is 5.32 Å². The van der Waals surface area contributed by atoms with Gasteiger partial charge in [-0.05, 0) is 36.5 Å². The van der Waals surface area contributed by atoms with Crippen LogP contribution in [0.15, 0.2) is 5.16 Å². The number of amidine groups is 1. The summed E-state index contributed by atoms with van der Waals surface area (Å²) in [6.45, 7) is 5.75. The van der Waals surface area contributed by atoms with Gasteiger partial charge in [0.2, 0.25) is 0 Å². The molecule has 0 aromatic rings. The molecule has 4 heteroatoms. The normalized spacial score (nSPS) is 30.1. The van der Waals surface area contributed by atoms with E-state index in [-0.39, 0.29) is 5.41 Å². The summed E-state index contributed by atoms with van der Waals surface area (Å²) in [5.41, 5.74) is 6.31. The first kappa shape index (κ1) is 13.7. The summed E-state index contributed by atoms with van der Waals surface area (Å²) in [4.78, 5) is 0. The van der Waals surface area contributed by atoms with E-state index >= 15 is 0 Å². The van der Waals surface area contributed by atoms with Crippen LogP contribution >= 0.6 is 0 Å². The smallest absolute Gasteiger partial charge is 0.139 e. The maximum Gasteiger partial charge on any atom is 0.139 e. The van der Waals surface area contributed by atoms with Gasteiger partial charge >= 0.3 is 0 Å². The second-order valence-corrected chi connectivity index (χ2v) is 6.94. The number of nitrogens with zero attached hydrogens (tertiary/aromatic N) is 1. The lowest BCUT2D eigenvalue weighted by atomic mass is 9.73. The van der Waals surface area contributed by atoms with Crippen molar-refractivity contribution in [2.45, 2.75) is 64.8 Å². The zero-order valence-electron chi connectivity index (χ0n) is 11.7. The maximum atomic E-state index is 8.67. The fourth-order valence-corrected chi connectivity index (χ4v) is 3.22. The molecule has 0 aliphatic heterocycles. The van der Waals surface area contributed by atoms with Gasteiger partial charge in [0.25, 0.3) is 0 Å². The van der Waals surface area contributed by atoms with Gasteiger partial charge in [0.05, 0.1) is 0 Å². The largest absolute Gasteiger partial charge is 0.409 e. The van der Waals surface area contributed by atoms with Crippen molar-refractivity contribution >= 4 is 5.84 Å². The summed E-state index contributed by atoms with van der Waals surface area (Å²) < 4.78 is 0. The highest BCUT2D eigenvalue weighted by Crippen LogP contribution is 2.48. The SMILES string of the molecule is CC1(C)CCCCC1NCC1(CC(N)=NO)CC1. The highest BCUT2D eigenvalue weighted by Gasteiger charge is 2.44. The quantitative estimate of drug-likeness (QED) is 0.305. The van der Waals surface area contributed by atoms with Gasteiger partial charge < -0.3 is 16.3 Å². The van der Waals surface area contributed by atoms with Gasteiger partial charge in [-0.1, -0.05) is 31.8 Å². The average molecular weight is 253 g/mol. The zero-order valence-corrected chi connectivity index (χ0v) is 11.7. The standard InChI is InChI=1S/C14H27N3O/c1-13(2)6-4-3-5-11(13)16-10-14(7-8-14)9-12(15)17-18/h11,16,18H,3-10H2,1-2H3,(H2,15,17). The predicted octanol–water partition coefficient (Wildman–Crippen LogP) is 2.46. The van der Waals surface area contributed by atoms with E-state index in [0.29, 0.717) is 17.3 Å². The van der Waals surface area contributed by atoms with Gasteiger partial charge in [0.1, 0.15) is 5.84 Å². The van der Waals surface area contributed by atoms with Crippen molar-refractivity contribution in [3.8, 4) is 0 Å². The van der Waals surface area contributed by atoms with E-state index in [2.05, 4.69) is 24.3 Å². The van der Waals surface area contributed by atoms with Crippen molar-refractivity contribution in [1.29, 1.82) is 0 Å². The molecule has 0 bridgehead atoms. The van der Waals surface area contributed by atoms with Crippen LogP contribution in [-0.2, 0) is 0 Å². The minimum atomic E-state index is 0.268. The van der Waals surface area contributed by atoms with Crippen molar-refractivity contribution < 1.29 is 5.21 Å². The van der Waals surface area contributed by atoms with E-state index in [1.807, 2.05) is 0 Å². The van der Waals surface area contributed by atoms with Crippen molar-refractivity contribution in [2.24, 2.45) is 21.7 Å². The summed E-state index contributed by atoms with van der Waals surface area (Å²) >= 11 is 0. The van der Waals surface area contributed by atoms with Crippen LogP contribution in [0.25, 0.3) is 0 Å². The fraction of sp³-hybridized carbons (Fsp3) is 0.929. The third-order valence-electron chi connectivity index (χ3n) is 4.87. The van der Waals surface area contributed by atoms with E-state index in [1.54, 1.807) is 0 Å². The molecular weight excluding hydrogens is 226 g/mol. The molecule has 0 saturated heterocycles. The minimum Gasteiger partial charge on any atom is -0.409 e. The van der Waals surface area contributed by atoms with E-state index in [4.69, 9.17) is 10.9 Å². The highest BCUT2D eigenvalue weighted by molar-refractivity contribution is 5.80. The summed E-state index contributed by atoms with van der Waals surface area (Å²) in [6.07, 6.45) is 8.43. The molecule has 1 unspecified atom stereocenters. The Morgan fingerprint density at radius 3 is 2.61 bits per heavy atom. The lowest BCUT2D eigenvalue weighted by molar-refractivity contribution is 0.161. The van der Waals surface area contributed by atoms with Crippen LogP contribution in [0.1, 0.15) is 58.8 Å². The van der Waals surface area contributed by atoms with Crippen LogP contribution in [0.4, 0.5) is 0 Å². The molecular formula is C14H27N3O. The summed E-state index contributed by atoms with van der Waals surface area (Å²) in [7, 11) is 0. The van der Waals surface area contributed by atoms with E-state index in [9.17, 15) is 0 Å². The molecule has 2 rings (SSSR count). The lowest BCUT2D eigenvalue weighted by Crippen LogP contribution is -2.46. The monoisotopic (exact) mass is 253 g/mol. The minimum absolute atomic E-state index is 0.268. The molecule has 4 N–H and O–H groups in total. The Kier molecular flexibility index (Phi) is 3.85. The fourth-order valence-electron chi connectivity index (χ4n) is 3.22. The molecule has 4 nitrogen and oxygen atoms in total. The number of nitrogens with one attached hydrogen (secondary N) is 1. The van der Waals surface area contributed by atoms with Crippen LogP contribution in [0.2, 0.25) is 0 Å². The second-order valence-electron chi connectivity index (χ2n) is 6.94. The highest BCUT2D eigenvalue weighted by atomic mass is 16.4. The molecule has 2 fully saturated rings. The van der Waals surface area contributed by atoms with E-state index in [1.165, 1.54) is 38.5 Å². The van der Waals surface area contributed by atoms with Crippen molar-refractivity contribution in [3.63, 3.8) is 0 Å². The Bertz CT molecular complexity index is 321. The van der Waals surface area contributed by atoms with Crippen LogP contribution < -0.4 is 11.1 Å². The predicted molar refractivity (Wildman–Crippen MR) is 73.7 cm³/mol. The molecule has 18 heavy (non-hydrogen) atoms. The molecule has 1 atom stereocenters. The van der Waals surface area contributed by atoms with E-state index < -0.39 is 0 Å². The van der Waals surface area contributed by atoms with Crippen LogP contribution in [0, 0.1) is 10.8 Å². The van der Waals surface area contributed by atoms with Gasteiger partial charge in [0, 0.05) is 19.0 Å². The first-order valence-electron chi connectivity index (χ1n) is 7.17. The molecule has 0 aromatic carbocycles. The summed E-state index contributed by atoms with van der Waals surface area (Å²) in [5.74, 6) is 0.372. The molecule has 0 aromatic heterocycles. The van der Waals surface area contributed by atoms with Gasteiger partial charge in [-0.25, -0.2) is 0 Å². The Morgan fingerprint density at radius 2 is 2.06 bits per heavy atom. The third kappa shape index (κ3) is 3.16. The number of hydrogen-bond acceptors (Lipinski definition) is 3. The molecule has 2 aliphatic carbocycles. The second kappa shape index (κ2) is 5.08. The van der Waals surface area contributed by atoms with Crippen molar-refractivity contribution in [2.75, 3.05) is 6.54 Å². The average Bonchev–Trinajstić information content (AvgIpc) is 3.07. The summed E-state index contributed by atoms with van der Waals surface area (Å²) in [6, 6.07) is 0.621. The molecule has 2 saturated carbocycles.